The molecule has 0 bridgehead atoms. The van der Waals surface area contributed by atoms with Gasteiger partial charge < -0.3 is 14.6 Å². The second kappa shape index (κ2) is 81.2. The molecule has 0 aromatic heterocycles. The van der Waals surface area contributed by atoms with Crippen LogP contribution in [0.15, 0.2) is 231 Å². The fourth-order valence-electron chi connectivity index (χ4n) is 9.87. The molecule has 0 saturated carbocycles. The first-order valence-electron chi connectivity index (χ1n) is 37.9. The van der Waals surface area contributed by atoms with Crippen molar-refractivity contribution in [3.8, 4) is 0 Å². The first kappa shape index (κ1) is 88.0. The van der Waals surface area contributed by atoms with Crippen LogP contribution in [0, 0.1) is 0 Å². The Balaban J connectivity index is 3.60. The van der Waals surface area contributed by atoms with Gasteiger partial charge in [0.15, 0.2) is 6.10 Å². The summed E-state index contributed by atoms with van der Waals surface area (Å²) < 4.78 is 10.8. The van der Waals surface area contributed by atoms with Crippen molar-refractivity contribution in [3.63, 3.8) is 0 Å². The number of ether oxygens (including phenoxy) is 2. The van der Waals surface area contributed by atoms with Gasteiger partial charge in [-0.2, -0.15) is 0 Å². The number of allylic oxidation sites excluding steroid dienone is 38. The van der Waals surface area contributed by atoms with Crippen molar-refractivity contribution in [3.05, 3.63) is 231 Å². The van der Waals surface area contributed by atoms with Crippen LogP contribution in [0.3, 0.4) is 0 Å². The Labute approximate surface area is 579 Å². The molecule has 0 aliphatic rings. The first-order chi connectivity index (χ1) is 46.6. The van der Waals surface area contributed by atoms with E-state index in [4.69, 9.17) is 9.47 Å². The molecule has 1 N–H and O–H groups in total. The predicted octanol–water partition coefficient (Wildman–Crippen LogP) is 27.2. The maximum absolute atomic E-state index is 12.4. The average molecular weight is 1290 g/mol. The van der Waals surface area contributed by atoms with E-state index in [0.29, 0.717) is 12.8 Å². The maximum Gasteiger partial charge on any atom is 0.306 e. The zero-order valence-corrected chi connectivity index (χ0v) is 60.1. The Kier molecular flexibility index (Phi) is 76.0. The van der Waals surface area contributed by atoms with Crippen LogP contribution in [0.1, 0.15) is 296 Å². The summed E-state index contributed by atoms with van der Waals surface area (Å²) in [4.78, 5) is 24.7. The van der Waals surface area contributed by atoms with Gasteiger partial charge in [-0.15, -0.1) is 0 Å². The summed E-state index contributed by atoms with van der Waals surface area (Å²) in [5.74, 6) is -0.622. The molecule has 5 nitrogen and oxygen atoms in total. The smallest absolute Gasteiger partial charge is 0.306 e. The third-order valence-electron chi connectivity index (χ3n) is 15.5. The number of carbonyl (C=O) groups is 2. The van der Waals surface area contributed by atoms with E-state index < -0.39 is 6.10 Å². The molecule has 0 rings (SSSR count). The highest BCUT2D eigenvalue weighted by atomic mass is 16.6. The molecule has 0 aliphatic heterocycles. The van der Waals surface area contributed by atoms with E-state index in [0.717, 1.165) is 180 Å². The molecule has 0 saturated heterocycles. The SMILES string of the molecule is CC/C=C\C/C=C\C/C=C\C/C=C\C/C=C\C/C=C\C/C=C\C/C=C\C/C=C\C/C=C\C/C=C\CCCCCCCC(=O)OC(CO)COC(=O)CCCCCCCCCCCCCCCCCC/C=C\C/C=C\C/C=C\C/C=C\C/C=C\C/C=C\C/C=C\C/C=C\CC. The van der Waals surface area contributed by atoms with E-state index in [1.807, 2.05) is 0 Å². The van der Waals surface area contributed by atoms with E-state index in [2.05, 4.69) is 245 Å². The summed E-state index contributed by atoms with van der Waals surface area (Å²) in [5, 5.41) is 9.72. The minimum Gasteiger partial charge on any atom is -0.462 e. The van der Waals surface area contributed by atoms with Gasteiger partial charge in [0, 0.05) is 12.8 Å². The molecular weight excluding hydrogens is 1150 g/mol. The van der Waals surface area contributed by atoms with Gasteiger partial charge in [-0.3, -0.25) is 9.59 Å². The van der Waals surface area contributed by atoms with Crippen molar-refractivity contribution >= 4 is 11.9 Å². The van der Waals surface area contributed by atoms with Crippen molar-refractivity contribution in [2.24, 2.45) is 0 Å². The number of hydrogen-bond donors (Lipinski definition) is 1. The van der Waals surface area contributed by atoms with Crippen LogP contribution >= 0.6 is 0 Å². The van der Waals surface area contributed by atoms with Gasteiger partial charge in [0.05, 0.1) is 6.61 Å². The summed E-state index contributed by atoms with van der Waals surface area (Å²) in [6, 6.07) is 0. The molecular formula is C89H138O5. The Morgan fingerprint density at radius 1 is 0.245 bits per heavy atom. The Hall–Kier alpha value is -6.04. The third kappa shape index (κ3) is 78.4. The van der Waals surface area contributed by atoms with E-state index in [9.17, 15) is 14.7 Å². The highest BCUT2D eigenvalue weighted by molar-refractivity contribution is 5.70. The minimum atomic E-state index is -0.800. The van der Waals surface area contributed by atoms with Crippen molar-refractivity contribution in [1.29, 1.82) is 0 Å². The molecule has 0 spiro atoms. The predicted molar refractivity (Wildman–Crippen MR) is 416 cm³/mol. The van der Waals surface area contributed by atoms with Crippen LogP contribution in [0.4, 0.5) is 0 Å². The monoisotopic (exact) mass is 1290 g/mol. The van der Waals surface area contributed by atoms with Crippen LogP contribution in [0.2, 0.25) is 0 Å². The molecule has 0 aromatic rings. The topological polar surface area (TPSA) is 72.8 Å². The highest BCUT2D eigenvalue weighted by Crippen LogP contribution is 2.16. The van der Waals surface area contributed by atoms with Gasteiger partial charge in [-0.1, -0.05) is 354 Å². The third-order valence-corrected chi connectivity index (χ3v) is 15.5. The largest absolute Gasteiger partial charge is 0.462 e. The van der Waals surface area contributed by atoms with Gasteiger partial charge in [0.25, 0.3) is 0 Å². The molecule has 94 heavy (non-hydrogen) atoms. The zero-order chi connectivity index (χ0) is 67.5. The fraction of sp³-hybridized carbons (Fsp3) is 0.551. The zero-order valence-electron chi connectivity index (χ0n) is 60.1. The van der Waals surface area contributed by atoms with E-state index in [-0.39, 0.29) is 25.2 Å². The lowest BCUT2D eigenvalue weighted by Crippen LogP contribution is -2.28. The van der Waals surface area contributed by atoms with Gasteiger partial charge >= 0.3 is 11.9 Å². The molecule has 0 aromatic carbocycles. The number of hydrogen-bond acceptors (Lipinski definition) is 5. The van der Waals surface area contributed by atoms with E-state index >= 15 is 0 Å². The summed E-state index contributed by atoms with van der Waals surface area (Å²) in [5.41, 5.74) is 0. The molecule has 0 radical (unpaired) electrons. The van der Waals surface area contributed by atoms with Crippen LogP contribution in [0.25, 0.3) is 0 Å². The Morgan fingerprint density at radius 3 is 0.638 bits per heavy atom. The molecule has 0 amide bonds. The Bertz CT molecular complexity index is 2250. The summed E-state index contributed by atoms with van der Waals surface area (Å²) >= 11 is 0. The number of carbonyl (C=O) groups excluding carboxylic acids is 2. The molecule has 524 valence electrons. The van der Waals surface area contributed by atoms with Gasteiger partial charge in [-0.25, -0.2) is 0 Å². The van der Waals surface area contributed by atoms with E-state index in [1.54, 1.807) is 0 Å². The fourth-order valence-corrected chi connectivity index (χ4v) is 9.87. The summed E-state index contributed by atoms with van der Waals surface area (Å²) in [6.45, 7) is 3.89. The summed E-state index contributed by atoms with van der Waals surface area (Å²) in [6.07, 6.45) is 132. The molecule has 1 atom stereocenters. The molecule has 0 fully saturated rings. The number of esters is 2. The van der Waals surface area contributed by atoms with Crippen molar-refractivity contribution in [2.75, 3.05) is 13.2 Å². The highest BCUT2D eigenvalue weighted by Gasteiger charge is 2.16. The van der Waals surface area contributed by atoms with Crippen molar-refractivity contribution < 1.29 is 24.2 Å². The number of rotatable bonds is 67. The van der Waals surface area contributed by atoms with Crippen molar-refractivity contribution in [2.45, 2.75) is 302 Å². The number of unbranched alkanes of at least 4 members (excludes halogenated alkanes) is 21. The van der Waals surface area contributed by atoms with Crippen molar-refractivity contribution in [1.82, 2.24) is 0 Å². The lowest BCUT2D eigenvalue weighted by atomic mass is 10.0. The van der Waals surface area contributed by atoms with Gasteiger partial charge in [0.1, 0.15) is 6.61 Å². The molecule has 1 unspecified atom stereocenters. The number of aliphatic hydroxyl groups is 1. The minimum absolute atomic E-state index is 0.0860. The summed E-state index contributed by atoms with van der Waals surface area (Å²) in [7, 11) is 0. The number of aliphatic hydroxyl groups excluding tert-OH is 1. The van der Waals surface area contributed by atoms with Crippen LogP contribution < -0.4 is 0 Å². The van der Waals surface area contributed by atoms with Gasteiger partial charge in [-0.05, 0) is 161 Å². The van der Waals surface area contributed by atoms with E-state index in [1.165, 1.54) is 89.9 Å². The second-order valence-electron chi connectivity index (χ2n) is 24.3. The van der Waals surface area contributed by atoms with Crippen LogP contribution in [-0.2, 0) is 19.1 Å². The molecule has 0 aliphatic carbocycles. The quantitative estimate of drug-likeness (QED) is 0.0373. The lowest BCUT2D eigenvalue weighted by molar-refractivity contribution is -0.161. The van der Waals surface area contributed by atoms with Crippen LogP contribution in [-0.4, -0.2) is 36.4 Å². The normalized spacial score (nSPS) is 13.6. The van der Waals surface area contributed by atoms with Gasteiger partial charge in [0.2, 0.25) is 0 Å². The molecule has 0 heterocycles. The first-order valence-corrected chi connectivity index (χ1v) is 37.9. The lowest BCUT2D eigenvalue weighted by Gasteiger charge is -2.15. The average Bonchev–Trinajstić information content (AvgIpc) is 3.65. The maximum atomic E-state index is 12.4. The molecule has 5 heteroatoms. The standard InChI is InChI=1S/C89H138O5/c1-3-5-7-9-11-13-15-17-19-21-23-25-27-29-31-33-35-37-39-41-43-44-46-47-49-51-53-55-57-59-61-63-65-67-69-71-73-75-77-79-81-83-88(91)93-86-87(85-90)94-89(92)84-82-80-78-76-74-72-70-68-66-64-62-60-58-56-54-52-50-48-45-42-40-38-36-34-32-30-28-26-24-22-20-18-16-14-12-10-8-6-4-2/h5-8,11-14,17-20,23-26,29-32,35-38,41-43,45-47,50,52,56,58,62,64,68,70,87,90H,3-4,9-10,15-16,21-22,27-28,33-34,39-40,44,48-49,51,53-55,57,59-61,63,65-67,69,71-86H2,1-2H3/b7-5-,8-6-,13-11-,14-12-,19-17-,20-18-,25-23-,26-24-,31-29-,32-30-,37-35-,38-36-,43-41-,45-42-,47-46-,52-50-,58-56-,64-62-,70-68-. The second-order valence-corrected chi connectivity index (χ2v) is 24.3. The van der Waals surface area contributed by atoms with Crippen LogP contribution in [0.5, 0.6) is 0 Å². The Morgan fingerprint density at radius 2 is 0.426 bits per heavy atom.